The van der Waals surface area contributed by atoms with Crippen LogP contribution in [-0.2, 0) is 14.4 Å². The van der Waals surface area contributed by atoms with Gasteiger partial charge in [0.05, 0.1) is 6.61 Å². The van der Waals surface area contributed by atoms with Gasteiger partial charge in [0, 0.05) is 16.0 Å². The standard InChI is InChI=1S/C22H21NO3S/c1-3-25-21(24)15-26-23-22(17-11-13-18(27-2)14-12-17)20-10-6-8-16-7-4-5-9-19(16)20/h4-14H,3,15H2,1-2H3/b23-22-. The molecule has 138 valence electrons. The zero-order valence-electron chi connectivity index (χ0n) is 15.3. The predicted molar refractivity (Wildman–Crippen MR) is 110 cm³/mol. The summed E-state index contributed by atoms with van der Waals surface area (Å²) in [5.74, 6) is -0.434. The highest BCUT2D eigenvalue weighted by atomic mass is 32.2. The predicted octanol–water partition coefficient (Wildman–Crippen LogP) is 4.89. The summed E-state index contributed by atoms with van der Waals surface area (Å²) in [5, 5.41) is 6.50. The van der Waals surface area contributed by atoms with E-state index in [1.54, 1.807) is 18.7 Å². The van der Waals surface area contributed by atoms with Gasteiger partial charge in [-0.2, -0.15) is 0 Å². The van der Waals surface area contributed by atoms with Gasteiger partial charge in [0.25, 0.3) is 0 Å². The molecule has 4 nitrogen and oxygen atoms in total. The summed E-state index contributed by atoms with van der Waals surface area (Å²) >= 11 is 1.68. The van der Waals surface area contributed by atoms with Gasteiger partial charge in [-0.25, -0.2) is 4.79 Å². The average Bonchev–Trinajstić information content (AvgIpc) is 2.71. The molecular weight excluding hydrogens is 358 g/mol. The van der Waals surface area contributed by atoms with Gasteiger partial charge in [-0.05, 0) is 36.1 Å². The average molecular weight is 379 g/mol. The molecule has 0 spiro atoms. The molecule has 0 aliphatic rings. The summed E-state index contributed by atoms with van der Waals surface area (Å²) in [6.07, 6.45) is 2.04. The van der Waals surface area contributed by atoms with Gasteiger partial charge in [-0.15, -0.1) is 11.8 Å². The molecule has 5 heteroatoms. The Balaban J connectivity index is 2.01. The van der Waals surface area contributed by atoms with Crippen LogP contribution < -0.4 is 0 Å². The first kappa shape index (κ1) is 19.0. The van der Waals surface area contributed by atoms with E-state index in [1.807, 2.05) is 54.8 Å². The first-order valence-electron chi connectivity index (χ1n) is 8.71. The molecule has 0 radical (unpaired) electrons. The van der Waals surface area contributed by atoms with Crippen molar-refractivity contribution in [3.05, 3.63) is 77.9 Å². The second kappa shape index (κ2) is 9.24. The van der Waals surface area contributed by atoms with E-state index in [0.29, 0.717) is 12.3 Å². The first-order chi connectivity index (χ1) is 13.2. The fourth-order valence-electron chi connectivity index (χ4n) is 2.79. The molecule has 3 aromatic rings. The van der Waals surface area contributed by atoms with E-state index in [-0.39, 0.29) is 6.61 Å². The van der Waals surface area contributed by atoms with Crippen LogP contribution in [0, 0.1) is 0 Å². The number of esters is 1. The van der Waals surface area contributed by atoms with Crippen LogP contribution in [0.1, 0.15) is 18.1 Å². The van der Waals surface area contributed by atoms with Gasteiger partial charge >= 0.3 is 5.97 Å². The third kappa shape index (κ3) is 4.68. The van der Waals surface area contributed by atoms with Gasteiger partial charge in [0.1, 0.15) is 5.71 Å². The highest BCUT2D eigenvalue weighted by Gasteiger charge is 2.12. The number of hydrogen-bond acceptors (Lipinski definition) is 5. The summed E-state index contributed by atoms with van der Waals surface area (Å²) in [6, 6.07) is 22.3. The Morgan fingerprint density at radius 2 is 1.74 bits per heavy atom. The van der Waals surface area contributed by atoms with Crippen LogP contribution in [-0.4, -0.2) is 31.2 Å². The van der Waals surface area contributed by atoms with Crippen LogP contribution in [0.25, 0.3) is 10.8 Å². The topological polar surface area (TPSA) is 47.9 Å². The van der Waals surface area contributed by atoms with Crippen LogP contribution in [0.2, 0.25) is 0 Å². The summed E-state index contributed by atoms with van der Waals surface area (Å²) in [4.78, 5) is 18.1. The number of hydrogen-bond donors (Lipinski definition) is 0. The lowest BCUT2D eigenvalue weighted by molar-refractivity contribution is -0.148. The minimum absolute atomic E-state index is 0.217. The molecule has 0 N–H and O–H groups in total. The van der Waals surface area contributed by atoms with E-state index in [2.05, 4.69) is 23.4 Å². The fourth-order valence-corrected chi connectivity index (χ4v) is 3.20. The van der Waals surface area contributed by atoms with E-state index in [0.717, 1.165) is 21.9 Å². The number of fused-ring (bicyclic) bond motifs is 1. The second-order valence-electron chi connectivity index (χ2n) is 5.77. The third-order valence-electron chi connectivity index (χ3n) is 4.05. The Morgan fingerprint density at radius 3 is 2.48 bits per heavy atom. The van der Waals surface area contributed by atoms with Crippen LogP contribution in [0.5, 0.6) is 0 Å². The molecule has 0 unspecified atom stereocenters. The molecular formula is C22H21NO3S. The van der Waals surface area contributed by atoms with Crippen molar-refractivity contribution in [1.82, 2.24) is 0 Å². The monoisotopic (exact) mass is 379 g/mol. The van der Waals surface area contributed by atoms with Gasteiger partial charge < -0.3 is 9.57 Å². The molecule has 0 bridgehead atoms. The van der Waals surface area contributed by atoms with Crippen molar-refractivity contribution < 1.29 is 14.4 Å². The van der Waals surface area contributed by atoms with Crippen LogP contribution in [0.15, 0.2) is 76.8 Å². The maximum Gasteiger partial charge on any atom is 0.347 e. The maximum absolute atomic E-state index is 11.6. The number of oxime groups is 1. The van der Waals surface area contributed by atoms with E-state index in [4.69, 9.17) is 9.57 Å². The van der Waals surface area contributed by atoms with Crippen molar-refractivity contribution in [1.29, 1.82) is 0 Å². The molecule has 0 aliphatic heterocycles. The summed E-state index contributed by atoms with van der Waals surface area (Å²) in [5.41, 5.74) is 2.56. The highest BCUT2D eigenvalue weighted by molar-refractivity contribution is 7.98. The number of benzene rings is 3. The van der Waals surface area contributed by atoms with E-state index in [1.165, 1.54) is 4.90 Å². The summed E-state index contributed by atoms with van der Waals surface area (Å²) in [6.45, 7) is 1.86. The Bertz CT molecular complexity index is 946. The number of nitrogens with zero attached hydrogens (tertiary/aromatic N) is 1. The molecule has 0 fully saturated rings. The largest absolute Gasteiger partial charge is 0.463 e. The molecule has 0 heterocycles. The molecule has 3 rings (SSSR count). The van der Waals surface area contributed by atoms with Gasteiger partial charge in [-0.3, -0.25) is 0 Å². The van der Waals surface area contributed by atoms with Crippen molar-refractivity contribution in [2.45, 2.75) is 11.8 Å². The number of ether oxygens (including phenoxy) is 1. The lowest BCUT2D eigenvalue weighted by Gasteiger charge is -2.11. The third-order valence-corrected chi connectivity index (χ3v) is 4.80. The van der Waals surface area contributed by atoms with E-state index < -0.39 is 5.97 Å². The smallest absolute Gasteiger partial charge is 0.347 e. The quantitative estimate of drug-likeness (QED) is 0.254. The summed E-state index contributed by atoms with van der Waals surface area (Å²) in [7, 11) is 0. The maximum atomic E-state index is 11.6. The summed E-state index contributed by atoms with van der Waals surface area (Å²) < 4.78 is 4.90. The molecule has 27 heavy (non-hydrogen) atoms. The Morgan fingerprint density at radius 1 is 1.00 bits per heavy atom. The highest BCUT2D eigenvalue weighted by Crippen LogP contribution is 2.23. The Kier molecular flexibility index (Phi) is 6.49. The van der Waals surface area contributed by atoms with Crippen molar-refractivity contribution in [2.75, 3.05) is 19.5 Å². The number of carbonyl (C=O) groups is 1. The molecule has 0 atom stereocenters. The van der Waals surface area contributed by atoms with E-state index in [9.17, 15) is 4.79 Å². The van der Waals surface area contributed by atoms with Crippen molar-refractivity contribution in [2.24, 2.45) is 5.16 Å². The van der Waals surface area contributed by atoms with Crippen molar-refractivity contribution in [3.63, 3.8) is 0 Å². The SMILES string of the molecule is CCOC(=O)CO/N=C(/c1ccc(SC)cc1)c1cccc2ccccc12. The first-order valence-corrected chi connectivity index (χ1v) is 9.93. The van der Waals surface area contributed by atoms with Crippen LogP contribution >= 0.6 is 11.8 Å². The molecule has 0 aliphatic carbocycles. The lowest BCUT2D eigenvalue weighted by Crippen LogP contribution is -2.12. The van der Waals surface area contributed by atoms with E-state index >= 15 is 0 Å². The molecule has 0 saturated heterocycles. The van der Waals surface area contributed by atoms with Gasteiger partial charge in [-0.1, -0.05) is 59.8 Å². The number of carbonyl (C=O) groups excluding carboxylic acids is 1. The zero-order chi connectivity index (χ0) is 19.1. The van der Waals surface area contributed by atoms with Crippen LogP contribution in [0.4, 0.5) is 0 Å². The molecule has 0 saturated carbocycles. The number of rotatable bonds is 7. The van der Waals surface area contributed by atoms with Gasteiger partial charge in [0.15, 0.2) is 0 Å². The normalized spacial score (nSPS) is 11.4. The molecule has 0 aromatic heterocycles. The van der Waals surface area contributed by atoms with Crippen LogP contribution in [0.3, 0.4) is 0 Å². The van der Waals surface area contributed by atoms with Gasteiger partial charge in [0.2, 0.25) is 6.61 Å². The Hall–Kier alpha value is -2.79. The zero-order valence-corrected chi connectivity index (χ0v) is 16.2. The molecule has 3 aromatic carbocycles. The fraction of sp³-hybridized carbons (Fsp3) is 0.182. The Labute approximate surface area is 163 Å². The number of thioether (sulfide) groups is 1. The molecule has 0 amide bonds. The lowest BCUT2D eigenvalue weighted by atomic mass is 9.97. The second-order valence-corrected chi connectivity index (χ2v) is 6.65. The minimum atomic E-state index is -0.434. The van der Waals surface area contributed by atoms with Crippen molar-refractivity contribution >= 4 is 34.2 Å². The minimum Gasteiger partial charge on any atom is -0.463 e. The van der Waals surface area contributed by atoms with Crippen molar-refractivity contribution in [3.8, 4) is 0 Å².